The molecule has 1 unspecified atom stereocenters. The molecule has 10 nitrogen and oxygen atoms in total. The first kappa shape index (κ1) is 25.1. The summed E-state index contributed by atoms with van der Waals surface area (Å²) in [6.45, 7) is 2.57. The molecule has 1 amide bonds. The molecular formula is C27H30BrN7O3. The lowest BCUT2D eigenvalue weighted by atomic mass is 10.1. The molecule has 38 heavy (non-hydrogen) atoms. The van der Waals surface area contributed by atoms with E-state index in [9.17, 15) is 4.79 Å². The van der Waals surface area contributed by atoms with Crippen LogP contribution in [0.1, 0.15) is 25.7 Å². The number of rotatable bonds is 8. The Bertz CT molecular complexity index is 1460. The van der Waals surface area contributed by atoms with Crippen molar-refractivity contribution >= 4 is 49.7 Å². The molecule has 0 radical (unpaired) electrons. The molecule has 4 heterocycles. The van der Waals surface area contributed by atoms with Crippen LogP contribution in [0, 0.1) is 5.92 Å². The fraction of sp³-hybridized carbons (Fsp3) is 0.444. The maximum absolute atomic E-state index is 13.2. The summed E-state index contributed by atoms with van der Waals surface area (Å²) in [6, 6.07) is 10.1. The summed E-state index contributed by atoms with van der Waals surface area (Å²) in [5, 5.41) is 10.00. The molecule has 1 saturated heterocycles. The molecule has 4 aromatic rings. The van der Waals surface area contributed by atoms with Crippen LogP contribution in [0.15, 0.2) is 47.3 Å². The van der Waals surface area contributed by atoms with E-state index >= 15 is 0 Å². The van der Waals surface area contributed by atoms with Crippen LogP contribution in [0.2, 0.25) is 0 Å². The van der Waals surface area contributed by atoms with Gasteiger partial charge in [-0.15, -0.1) is 0 Å². The van der Waals surface area contributed by atoms with E-state index in [1.54, 1.807) is 19.5 Å². The van der Waals surface area contributed by atoms with Crippen molar-refractivity contribution in [3.05, 3.63) is 47.3 Å². The first-order valence-electron chi connectivity index (χ1n) is 13.0. The van der Waals surface area contributed by atoms with E-state index in [2.05, 4.69) is 42.4 Å². The van der Waals surface area contributed by atoms with Gasteiger partial charge in [-0.05, 0) is 65.9 Å². The van der Waals surface area contributed by atoms with Gasteiger partial charge in [-0.2, -0.15) is 10.1 Å². The molecule has 1 aliphatic carbocycles. The Morgan fingerprint density at radius 2 is 2.11 bits per heavy atom. The number of carbonyl (C=O) groups is 1. The molecule has 1 aliphatic heterocycles. The number of likely N-dealkylation sites (tertiary alicyclic amines) is 1. The summed E-state index contributed by atoms with van der Waals surface area (Å²) >= 11 is 3.55. The predicted molar refractivity (Wildman–Crippen MR) is 147 cm³/mol. The number of amides is 1. The van der Waals surface area contributed by atoms with Crippen LogP contribution in [0.25, 0.3) is 27.6 Å². The number of halogens is 1. The van der Waals surface area contributed by atoms with Crippen molar-refractivity contribution in [1.82, 2.24) is 29.6 Å². The molecule has 1 aromatic carbocycles. The van der Waals surface area contributed by atoms with E-state index in [1.807, 2.05) is 33.8 Å². The fourth-order valence-corrected chi connectivity index (χ4v) is 5.89. The van der Waals surface area contributed by atoms with Crippen LogP contribution in [0.5, 0.6) is 0 Å². The number of carbonyl (C=O) groups excluding carboxylic acids is 1. The molecule has 3 aromatic heterocycles. The highest BCUT2D eigenvalue weighted by Gasteiger charge is 2.36. The van der Waals surface area contributed by atoms with Crippen LogP contribution in [-0.2, 0) is 14.3 Å². The minimum atomic E-state index is 0.0137. The number of methoxy groups -OCH3 is 1. The van der Waals surface area contributed by atoms with Crippen LogP contribution in [0.4, 0.5) is 5.95 Å². The molecule has 2 aliphatic rings. The topological polar surface area (TPSA) is 107 Å². The zero-order chi connectivity index (χ0) is 26.1. The third kappa shape index (κ3) is 5.10. The van der Waals surface area contributed by atoms with Crippen LogP contribution in [0.3, 0.4) is 0 Å². The van der Waals surface area contributed by atoms with Crippen LogP contribution in [-0.4, -0.2) is 81.1 Å². The second kappa shape index (κ2) is 10.9. The van der Waals surface area contributed by atoms with E-state index in [4.69, 9.17) is 14.5 Å². The zero-order valence-corrected chi connectivity index (χ0v) is 22.8. The Morgan fingerprint density at radius 1 is 1.18 bits per heavy atom. The van der Waals surface area contributed by atoms with Crippen molar-refractivity contribution in [3.63, 3.8) is 0 Å². The van der Waals surface area contributed by atoms with Crippen LogP contribution < -0.4 is 5.32 Å². The van der Waals surface area contributed by atoms with Gasteiger partial charge >= 0.3 is 0 Å². The average molecular weight is 580 g/mol. The van der Waals surface area contributed by atoms with Crippen molar-refractivity contribution in [1.29, 1.82) is 0 Å². The first-order chi connectivity index (χ1) is 18.6. The third-order valence-electron chi connectivity index (χ3n) is 7.42. The summed E-state index contributed by atoms with van der Waals surface area (Å²) in [7, 11) is 1.66. The summed E-state index contributed by atoms with van der Waals surface area (Å²) in [5.41, 5.74) is 2.53. The Morgan fingerprint density at radius 3 is 3.00 bits per heavy atom. The van der Waals surface area contributed by atoms with E-state index in [0.29, 0.717) is 36.0 Å². The molecule has 198 valence electrons. The number of nitrogens with one attached hydrogen (secondary N) is 1. The van der Waals surface area contributed by atoms with Gasteiger partial charge in [-0.3, -0.25) is 9.78 Å². The Labute approximate surface area is 228 Å². The highest BCUT2D eigenvalue weighted by Crippen LogP contribution is 2.31. The van der Waals surface area contributed by atoms with Gasteiger partial charge in [0.1, 0.15) is 4.60 Å². The lowest BCUT2D eigenvalue weighted by Crippen LogP contribution is -2.35. The SMILES string of the molecule is COCCOC1CCN(C(=O)[C@@H]2CC[C@@H](Nc3ncc4c(Br)nn(-c5ccc6ncccc6c5)c4n3)C2)C1. The van der Waals surface area contributed by atoms with E-state index < -0.39 is 0 Å². The smallest absolute Gasteiger partial charge is 0.225 e. The van der Waals surface area contributed by atoms with E-state index in [1.165, 1.54) is 0 Å². The number of nitrogens with zero attached hydrogens (tertiary/aromatic N) is 6. The third-order valence-corrected chi connectivity index (χ3v) is 8.01. The highest BCUT2D eigenvalue weighted by molar-refractivity contribution is 9.10. The molecule has 11 heteroatoms. The van der Waals surface area contributed by atoms with Crippen molar-refractivity contribution in [2.24, 2.45) is 5.92 Å². The van der Waals surface area contributed by atoms with Crippen LogP contribution >= 0.6 is 15.9 Å². The summed E-state index contributed by atoms with van der Waals surface area (Å²) < 4.78 is 13.4. The summed E-state index contributed by atoms with van der Waals surface area (Å²) in [4.78, 5) is 28.9. The Kier molecular flexibility index (Phi) is 7.22. The highest BCUT2D eigenvalue weighted by atomic mass is 79.9. The van der Waals surface area contributed by atoms with Crippen molar-refractivity contribution in [2.45, 2.75) is 37.8 Å². The minimum absolute atomic E-state index is 0.0137. The molecule has 0 bridgehead atoms. The van der Waals surface area contributed by atoms with Gasteiger partial charge in [0.05, 0.1) is 35.9 Å². The fourth-order valence-electron chi connectivity index (χ4n) is 5.45. The van der Waals surface area contributed by atoms with Crippen molar-refractivity contribution < 1.29 is 14.3 Å². The normalized spacial score (nSPS) is 21.5. The summed E-state index contributed by atoms with van der Waals surface area (Å²) in [6.07, 6.45) is 7.09. The quantitative estimate of drug-likeness (QED) is 0.312. The molecule has 3 atom stereocenters. The zero-order valence-electron chi connectivity index (χ0n) is 21.2. The Balaban J connectivity index is 1.13. The number of benzene rings is 1. The minimum Gasteiger partial charge on any atom is -0.382 e. The largest absolute Gasteiger partial charge is 0.382 e. The molecule has 2 fully saturated rings. The number of hydrogen-bond acceptors (Lipinski definition) is 8. The Hall–Kier alpha value is -3.15. The van der Waals surface area contributed by atoms with Gasteiger partial charge < -0.3 is 19.7 Å². The second-order valence-corrected chi connectivity index (χ2v) is 10.7. The molecule has 6 rings (SSSR count). The van der Waals surface area contributed by atoms with Gasteiger partial charge in [0, 0.05) is 49.9 Å². The first-order valence-corrected chi connectivity index (χ1v) is 13.8. The second-order valence-electron chi connectivity index (χ2n) is 9.92. The molecule has 1 saturated carbocycles. The number of aromatic nitrogens is 5. The van der Waals surface area contributed by atoms with Crippen molar-refractivity contribution in [2.75, 3.05) is 38.7 Å². The number of fused-ring (bicyclic) bond motifs is 2. The molecular weight excluding hydrogens is 550 g/mol. The maximum atomic E-state index is 13.2. The number of hydrogen-bond donors (Lipinski definition) is 1. The van der Waals surface area contributed by atoms with Gasteiger partial charge in [0.25, 0.3) is 0 Å². The van der Waals surface area contributed by atoms with Crippen molar-refractivity contribution in [3.8, 4) is 5.69 Å². The predicted octanol–water partition coefficient (Wildman–Crippen LogP) is 3.97. The lowest BCUT2D eigenvalue weighted by molar-refractivity contribution is -0.134. The van der Waals surface area contributed by atoms with E-state index in [-0.39, 0.29) is 24.0 Å². The average Bonchev–Trinajstić information content (AvgIpc) is 3.68. The monoisotopic (exact) mass is 579 g/mol. The van der Waals surface area contributed by atoms with Gasteiger partial charge in [-0.25, -0.2) is 9.67 Å². The van der Waals surface area contributed by atoms with E-state index in [0.717, 1.165) is 54.2 Å². The number of anilines is 1. The standard InChI is InChI=1S/C27H30BrN7O3/c1-37-11-12-38-21-8-10-34(16-21)26(36)18-4-5-19(13-18)31-27-30-15-22-24(28)33-35(25(22)32-27)20-6-7-23-17(14-20)3-2-9-29-23/h2-3,6-7,9,14-15,18-19,21H,4-5,8,10-13,16H2,1H3,(H,30,31,32)/t18-,19-,21?/m1/s1. The summed E-state index contributed by atoms with van der Waals surface area (Å²) in [5.74, 6) is 0.788. The lowest BCUT2D eigenvalue weighted by Gasteiger charge is -2.21. The van der Waals surface area contributed by atoms with Gasteiger partial charge in [0.2, 0.25) is 11.9 Å². The van der Waals surface area contributed by atoms with Gasteiger partial charge in [-0.1, -0.05) is 6.07 Å². The number of pyridine rings is 1. The molecule has 1 N–H and O–H groups in total. The maximum Gasteiger partial charge on any atom is 0.225 e. The number of ether oxygens (including phenoxy) is 2. The molecule has 0 spiro atoms. The van der Waals surface area contributed by atoms with Gasteiger partial charge in [0.15, 0.2) is 5.65 Å².